The lowest BCUT2D eigenvalue weighted by molar-refractivity contribution is -0.880. The van der Waals surface area contributed by atoms with Crippen LogP contribution in [0.5, 0.6) is 0 Å². The number of carbonyl (C=O) groups excluding carboxylic acids is 1. The highest BCUT2D eigenvalue weighted by molar-refractivity contribution is 5.65. The Labute approximate surface area is 63.4 Å². The van der Waals surface area contributed by atoms with Crippen molar-refractivity contribution in [3.8, 4) is 0 Å². The second kappa shape index (κ2) is 4.57. The summed E-state index contributed by atoms with van der Waals surface area (Å²) in [5, 5.41) is 15.4. The van der Waals surface area contributed by atoms with Gasteiger partial charge in [0.15, 0.2) is 0 Å². The van der Waals surface area contributed by atoms with Crippen LogP contribution in [0.3, 0.4) is 0 Å². The Balaban J connectivity index is 0. The molecule has 11 heavy (non-hydrogen) atoms. The van der Waals surface area contributed by atoms with Gasteiger partial charge in [0, 0.05) is 5.97 Å². The summed E-state index contributed by atoms with van der Waals surface area (Å²) in [4.78, 5) is 7.81. The lowest BCUT2D eigenvalue weighted by Crippen LogP contribution is -2.71. The fourth-order valence-electron chi connectivity index (χ4n) is 0. The van der Waals surface area contributed by atoms with E-state index in [-0.39, 0.29) is 0 Å². The van der Waals surface area contributed by atoms with Crippen LogP contribution in [0.4, 0.5) is 0 Å². The molecule has 0 aromatic heterocycles. The standard InChI is InChI=1S/C2H4O2.CH9N6/c1-2(3)4;2-1(3)7(4,5)6/h1H3,(H,3,4);4-6H2,(H3,2,3)/q;+1/p-1. The Hall–Kier alpha value is -1.22. The van der Waals surface area contributed by atoms with Crippen molar-refractivity contribution in [1.29, 1.82) is 5.41 Å². The molecule has 0 atom stereocenters. The van der Waals surface area contributed by atoms with Crippen LogP contribution in [0, 0.1) is 5.41 Å². The van der Waals surface area contributed by atoms with Crippen molar-refractivity contribution in [2.24, 2.45) is 23.3 Å². The highest BCUT2D eigenvalue weighted by atomic mass is 16.4. The van der Waals surface area contributed by atoms with E-state index < -0.39 is 16.7 Å². The summed E-state index contributed by atoms with van der Waals surface area (Å²) in [5.41, 5.74) is 4.75. The second-order valence-corrected chi connectivity index (χ2v) is 1.71. The van der Waals surface area contributed by atoms with Crippen LogP contribution in [0.15, 0.2) is 0 Å². The van der Waals surface area contributed by atoms with Crippen LogP contribution >= 0.6 is 0 Å². The van der Waals surface area contributed by atoms with E-state index in [4.69, 9.17) is 38.6 Å². The minimum atomic E-state index is -1.08. The summed E-state index contributed by atoms with van der Waals surface area (Å²) in [7, 11) is 0. The first-order valence-corrected chi connectivity index (χ1v) is 2.45. The SMILES string of the molecule is CC(=O)[O-].N=C(N)[N+](N)(N)N. The number of guanidine groups is 1. The average Bonchev–Trinajstić information content (AvgIpc) is 1.59. The molecule has 0 fully saturated rings. The number of hydrogen-bond acceptors (Lipinski definition) is 6. The first-order chi connectivity index (χ1) is 4.68. The molecule has 8 nitrogen and oxygen atoms in total. The van der Waals surface area contributed by atoms with Gasteiger partial charge in [-0.1, -0.05) is 0 Å². The zero-order chi connectivity index (χ0) is 9.65. The van der Waals surface area contributed by atoms with Gasteiger partial charge in [-0.3, -0.25) is 0 Å². The van der Waals surface area contributed by atoms with Crippen LogP contribution in [-0.2, 0) is 4.79 Å². The van der Waals surface area contributed by atoms with Crippen LogP contribution in [0.25, 0.3) is 0 Å². The van der Waals surface area contributed by atoms with E-state index in [1.54, 1.807) is 0 Å². The van der Waals surface area contributed by atoms with Gasteiger partial charge in [0.05, 0.1) is 0 Å². The fourth-order valence-corrected chi connectivity index (χ4v) is 0. The van der Waals surface area contributed by atoms with E-state index >= 15 is 0 Å². The molecule has 0 amide bonds. The van der Waals surface area contributed by atoms with Gasteiger partial charge in [0.1, 0.15) is 0 Å². The summed E-state index contributed by atoms with van der Waals surface area (Å²) in [6.07, 6.45) is 0. The van der Waals surface area contributed by atoms with Gasteiger partial charge in [-0.25, -0.2) is 5.41 Å². The first kappa shape index (κ1) is 12.5. The van der Waals surface area contributed by atoms with E-state index in [2.05, 4.69) is 0 Å². The first-order valence-electron chi connectivity index (χ1n) is 2.45. The van der Waals surface area contributed by atoms with E-state index in [9.17, 15) is 0 Å². The third-order valence-corrected chi connectivity index (χ3v) is 0.417. The maximum absolute atomic E-state index is 8.89. The van der Waals surface area contributed by atoms with Crippen LogP contribution in [0.2, 0.25) is 0 Å². The molecule has 0 aliphatic heterocycles. The molecule has 0 unspecified atom stereocenters. The number of rotatable bonds is 0. The normalized spacial score (nSPS) is 9.45. The number of carboxylic acid groups (broad SMARTS) is 1. The molecule has 0 bridgehead atoms. The minimum absolute atomic E-state index is 0.486. The van der Waals surface area contributed by atoms with Crippen LogP contribution in [-0.4, -0.2) is 16.7 Å². The van der Waals surface area contributed by atoms with Gasteiger partial charge < -0.3 is 15.6 Å². The minimum Gasteiger partial charge on any atom is -0.550 e. The molecule has 8 heteroatoms. The Morgan fingerprint density at radius 2 is 1.55 bits per heavy atom. The monoisotopic (exact) mass is 164 g/mol. The zero-order valence-corrected chi connectivity index (χ0v) is 6.07. The molecular weight excluding hydrogens is 152 g/mol. The third kappa shape index (κ3) is 17.7. The second-order valence-electron chi connectivity index (χ2n) is 1.71. The molecule has 0 aromatic rings. The molecule has 0 radical (unpaired) electrons. The van der Waals surface area contributed by atoms with E-state index in [1.807, 2.05) is 0 Å². The van der Waals surface area contributed by atoms with Crippen molar-refractivity contribution < 1.29 is 14.7 Å². The quantitative estimate of drug-likeness (QED) is 0.0804. The smallest absolute Gasteiger partial charge is 0.352 e. The molecule has 66 valence electrons. The summed E-state index contributed by atoms with van der Waals surface area (Å²) < 4.78 is 0. The third-order valence-electron chi connectivity index (χ3n) is 0.417. The van der Waals surface area contributed by atoms with E-state index in [1.165, 1.54) is 0 Å². The Morgan fingerprint density at radius 1 is 1.45 bits per heavy atom. The summed E-state index contributed by atoms with van der Waals surface area (Å²) in [6, 6.07) is 0. The molecule has 0 saturated heterocycles. The number of carboxylic acids is 1. The summed E-state index contributed by atoms with van der Waals surface area (Å²) >= 11 is 0. The molecule has 0 rings (SSSR count). The Kier molecular flexibility index (Phi) is 5.18. The molecule has 0 aromatic carbocycles. The van der Waals surface area contributed by atoms with Gasteiger partial charge in [-0.05, 0) is 11.7 Å². The predicted molar refractivity (Wildman–Crippen MR) is 35.4 cm³/mol. The number of carbonyl (C=O) groups is 1. The zero-order valence-electron chi connectivity index (χ0n) is 6.07. The van der Waals surface area contributed by atoms with Crippen molar-refractivity contribution in [2.45, 2.75) is 6.92 Å². The number of hydrogen-bond donors (Lipinski definition) is 5. The van der Waals surface area contributed by atoms with E-state index in [0.29, 0.717) is 0 Å². The average molecular weight is 164 g/mol. The molecular formula is C3H12N6O2. The lowest BCUT2D eigenvalue weighted by Gasteiger charge is -2.14. The molecule has 9 N–H and O–H groups in total. The highest BCUT2D eigenvalue weighted by Crippen LogP contribution is 1.63. The molecule has 0 aliphatic carbocycles. The van der Waals surface area contributed by atoms with Gasteiger partial charge in [0.2, 0.25) is 0 Å². The number of quaternary nitrogens is 1. The predicted octanol–water partition coefficient (Wildman–Crippen LogP) is -3.93. The van der Waals surface area contributed by atoms with Crippen molar-refractivity contribution >= 4 is 11.9 Å². The van der Waals surface area contributed by atoms with Crippen molar-refractivity contribution in [2.75, 3.05) is 0 Å². The van der Waals surface area contributed by atoms with Crippen LogP contribution < -0.4 is 28.4 Å². The van der Waals surface area contributed by atoms with Gasteiger partial charge >= 0.3 is 5.96 Å². The Bertz CT molecular complexity index is 144. The van der Waals surface area contributed by atoms with E-state index in [0.717, 1.165) is 6.92 Å². The maximum atomic E-state index is 8.89. The summed E-state index contributed by atoms with van der Waals surface area (Å²) in [5.74, 6) is 12.9. The molecule has 0 aliphatic rings. The largest absolute Gasteiger partial charge is 0.550 e. The van der Waals surface area contributed by atoms with Crippen LogP contribution in [0.1, 0.15) is 6.92 Å². The van der Waals surface area contributed by atoms with Crippen molar-refractivity contribution in [3.05, 3.63) is 0 Å². The van der Waals surface area contributed by atoms with Gasteiger partial charge in [-0.15, -0.1) is 17.5 Å². The highest BCUT2D eigenvalue weighted by Gasteiger charge is 2.14. The Morgan fingerprint density at radius 3 is 1.55 bits per heavy atom. The number of nitrogens with zero attached hydrogens (tertiary/aromatic N) is 1. The van der Waals surface area contributed by atoms with Gasteiger partial charge in [0.25, 0.3) is 0 Å². The van der Waals surface area contributed by atoms with Crippen molar-refractivity contribution in [3.63, 3.8) is 0 Å². The molecule has 0 heterocycles. The lowest BCUT2D eigenvalue weighted by atomic mass is 10.9. The van der Waals surface area contributed by atoms with Gasteiger partial charge in [-0.2, -0.15) is 0 Å². The number of nitrogens with two attached hydrogens (primary N) is 4. The number of aliphatic carboxylic acids is 1. The fraction of sp³-hybridized carbons (Fsp3) is 0.333. The summed E-state index contributed by atoms with van der Waals surface area (Å²) in [6.45, 7) is 0.972. The topological polar surface area (TPSA) is 168 Å². The molecule has 0 spiro atoms. The number of nitrogens with one attached hydrogen (secondary N) is 1. The molecule has 0 saturated carbocycles. The maximum Gasteiger partial charge on any atom is 0.352 e. The van der Waals surface area contributed by atoms with Crippen molar-refractivity contribution in [1.82, 2.24) is 0 Å².